The molecule has 6 nitrogen and oxygen atoms in total. The number of benzene rings is 2. The molecule has 1 aliphatic carbocycles. The number of alkyl halides is 9. The van der Waals surface area contributed by atoms with Crippen LogP contribution in [0.2, 0.25) is 0 Å². The molecule has 44 heavy (non-hydrogen) atoms. The number of aromatic nitrogens is 4. The first-order chi connectivity index (χ1) is 20.5. The zero-order valence-electron chi connectivity index (χ0n) is 24.4. The number of hydrogen-bond donors (Lipinski definition) is 0. The number of rotatable bonds is 9. The second kappa shape index (κ2) is 12.8. The highest BCUT2D eigenvalue weighted by molar-refractivity contribution is 5.59. The summed E-state index contributed by atoms with van der Waals surface area (Å²) >= 11 is 0. The van der Waals surface area contributed by atoms with Crippen molar-refractivity contribution in [2.24, 2.45) is 13.0 Å². The van der Waals surface area contributed by atoms with Crippen LogP contribution >= 0.6 is 0 Å². The van der Waals surface area contributed by atoms with Crippen LogP contribution in [0.3, 0.4) is 0 Å². The number of tetrazole rings is 1. The SMILES string of the molecule is CCN(CC1CCCCC1)c1cc(C)c(C(F)(F)F)cc1CN(Cc1cc(C(F)(F)F)cc(C(F)(F)F)c1)c1nnn(C)n1. The maximum atomic E-state index is 14.1. The molecule has 0 spiro atoms. The average Bonchev–Trinajstić information content (AvgIpc) is 3.37. The lowest BCUT2D eigenvalue weighted by molar-refractivity contribution is -0.143. The lowest BCUT2D eigenvalue weighted by atomic mass is 9.88. The minimum atomic E-state index is -5.07. The van der Waals surface area contributed by atoms with Gasteiger partial charge < -0.3 is 9.80 Å². The molecule has 15 heteroatoms. The van der Waals surface area contributed by atoms with Crippen molar-refractivity contribution in [1.29, 1.82) is 0 Å². The van der Waals surface area contributed by atoms with Crippen molar-refractivity contribution in [1.82, 2.24) is 20.2 Å². The van der Waals surface area contributed by atoms with Gasteiger partial charge in [0.2, 0.25) is 0 Å². The lowest BCUT2D eigenvalue weighted by Gasteiger charge is -2.33. The Hall–Kier alpha value is -3.52. The molecule has 0 bridgehead atoms. The van der Waals surface area contributed by atoms with Gasteiger partial charge in [-0.2, -0.15) is 44.3 Å². The van der Waals surface area contributed by atoms with Gasteiger partial charge in [0, 0.05) is 31.9 Å². The minimum Gasteiger partial charge on any atom is -0.371 e. The van der Waals surface area contributed by atoms with E-state index in [4.69, 9.17) is 0 Å². The number of nitrogens with zero attached hydrogens (tertiary/aromatic N) is 6. The van der Waals surface area contributed by atoms with E-state index in [0.29, 0.717) is 36.8 Å². The second-order valence-electron chi connectivity index (χ2n) is 11.2. The summed E-state index contributed by atoms with van der Waals surface area (Å²) in [4.78, 5) is 4.24. The fourth-order valence-electron chi connectivity index (χ4n) is 5.68. The lowest BCUT2D eigenvalue weighted by Crippen LogP contribution is -2.33. The summed E-state index contributed by atoms with van der Waals surface area (Å²) in [6.07, 6.45) is -9.63. The normalized spacial score (nSPS) is 15.1. The summed E-state index contributed by atoms with van der Waals surface area (Å²) in [6.45, 7) is 3.39. The zero-order valence-corrected chi connectivity index (χ0v) is 24.4. The molecule has 0 radical (unpaired) electrons. The molecule has 0 atom stereocenters. The van der Waals surface area contributed by atoms with Crippen molar-refractivity contribution in [2.75, 3.05) is 22.9 Å². The van der Waals surface area contributed by atoms with Gasteiger partial charge in [-0.25, -0.2) is 0 Å². The van der Waals surface area contributed by atoms with E-state index in [0.717, 1.165) is 43.0 Å². The highest BCUT2D eigenvalue weighted by Crippen LogP contribution is 2.39. The van der Waals surface area contributed by atoms with Crippen LogP contribution in [0.25, 0.3) is 0 Å². The summed E-state index contributed by atoms with van der Waals surface area (Å²) in [7, 11) is 1.41. The number of hydrogen-bond acceptors (Lipinski definition) is 5. The first kappa shape index (κ1) is 33.4. The molecule has 3 aromatic rings. The molecule has 0 N–H and O–H groups in total. The number of anilines is 2. The van der Waals surface area contributed by atoms with E-state index in [2.05, 4.69) is 15.4 Å². The van der Waals surface area contributed by atoms with Gasteiger partial charge in [0.05, 0.1) is 23.7 Å². The van der Waals surface area contributed by atoms with E-state index in [1.165, 1.54) is 24.9 Å². The molecular weight excluding hydrogens is 603 g/mol. The Balaban J connectivity index is 1.81. The second-order valence-corrected chi connectivity index (χ2v) is 11.2. The van der Waals surface area contributed by atoms with Gasteiger partial charge in [-0.05, 0) is 84.8 Å². The molecule has 4 rings (SSSR count). The molecule has 1 heterocycles. The molecule has 242 valence electrons. The Bertz CT molecular complexity index is 1390. The summed E-state index contributed by atoms with van der Waals surface area (Å²) in [5, 5.41) is 11.7. The van der Waals surface area contributed by atoms with E-state index in [-0.39, 0.29) is 35.2 Å². The third-order valence-electron chi connectivity index (χ3n) is 7.82. The van der Waals surface area contributed by atoms with E-state index < -0.39 is 41.8 Å². The van der Waals surface area contributed by atoms with Crippen molar-refractivity contribution < 1.29 is 39.5 Å². The molecule has 0 aliphatic heterocycles. The molecule has 1 saturated carbocycles. The minimum absolute atomic E-state index is 0.00443. The van der Waals surface area contributed by atoms with Crippen LogP contribution in [0.15, 0.2) is 30.3 Å². The van der Waals surface area contributed by atoms with Crippen LogP contribution in [0.5, 0.6) is 0 Å². The van der Waals surface area contributed by atoms with Crippen LogP contribution < -0.4 is 9.80 Å². The van der Waals surface area contributed by atoms with Crippen molar-refractivity contribution >= 4 is 11.6 Å². The van der Waals surface area contributed by atoms with Crippen LogP contribution in [-0.4, -0.2) is 33.3 Å². The molecule has 1 aromatic heterocycles. The van der Waals surface area contributed by atoms with Crippen LogP contribution in [0, 0.1) is 12.8 Å². The predicted molar refractivity (Wildman–Crippen MR) is 146 cm³/mol. The van der Waals surface area contributed by atoms with Crippen LogP contribution in [-0.2, 0) is 38.7 Å². The quantitative estimate of drug-likeness (QED) is 0.222. The monoisotopic (exact) mass is 636 g/mol. The largest absolute Gasteiger partial charge is 0.416 e. The molecule has 1 fully saturated rings. The van der Waals surface area contributed by atoms with Crippen LogP contribution in [0.1, 0.15) is 72.4 Å². The number of halogens is 9. The van der Waals surface area contributed by atoms with E-state index in [1.54, 1.807) is 0 Å². The standard InChI is InChI=1S/C29H33F9N6/c1-4-43(15-19-8-6-5-7-9-19)25-10-18(2)24(29(36,37)38)13-21(25)17-44(26-39-41-42(3)40-26)16-20-11-22(27(30,31)32)14-23(12-20)28(33,34)35/h10-14,19H,4-9,15-17H2,1-3H3. The van der Waals surface area contributed by atoms with Gasteiger partial charge in [-0.15, -0.1) is 5.10 Å². The van der Waals surface area contributed by atoms with Crippen LogP contribution in [0.4, 0.5) is 51.1 Å². The van der Waals surface area contributed by atoms with Gasteiger partial charge in [0.15, 0.2) is 0 Å². The van der Waals surface area contributed by atoms with Gasteiger partial charge in [-0.3, -0.25) is 0 Å². The maximum Gasteiger partial charge on any atom is 0.416 e. The molecule has 0 saturated heterocycles. The first-order valence-electron chi connectivity index (χ1n) is 14.2. The Labute approximate surface area is 248 Å². The smallest absolute Gasteiger partial charge is 0.371 e. The van der Waals surface area contributed by atoms with Gasteiger partial charge in [0.1, 0.15) is 0 Å². The van der Waals surface area contributed by atoms with Crippen molar-refractivity contribution in [3.05, 3.63) is 63.7 Å². The van der Waals surface area contributed by atoms with Crippen molar-refractivity contribution in [3.8, 4) is 0 Å². The van der Waals surface area contributed by atoms with Crippen molar-refractivity contribution in [2.45, 2.75) is 77.6 Å². The topological polar surface area (TPSA) is 50.1 Å². The van der Waals surface area contributed by atoms with E-state index >= 15 is 0 Å². The molecule has 1 aliphatic rings. The third-order valence-corrected chi connectivity index (χ3v) is 7.82. The first-order valence-corrected chi connectivity index (χ1v) is 14.2. The average molecular weight is 637 g/mol. The Kier molecular flexibility index (Phi) is 9.74. The summed E-state index contributed by atoms with van der Waals surface area (Å²) in [6, 6.07) is 3.62. The molecule has 0 amide bonds. The number of aryl methyl sites for hydroxylation is 2. The molecular formula is C29H33F9N6. The van der Waals surface area contributed by atoms with Gasteiger partial charge >= 0.3 is 18.5 Å². The predicted octanol–water partition coefficient (Wildman–Crippen LogP) is 8.19. The fourth-order valence-corrected chi connectivity index (χ4v) is 5.68. The highest BCUT2D eigenvalue weighted by Gasteiger charge is 2.38. The Morgan fingerprint density at radius 3 is 1.91 bits per heavy atom. The van der Waals surface area contributed by atoms with Crippen molar-refractivity contribution in [3.63, 3.8) is 0 Å². The summed E-state index contributed by atoms with van der Waals surface area (Å²) < 4.78 is 124. The van der Waals surface area contributed by atoms with E-state index in [9.17, 15) is 39.5 Å². The highest BCUT2D eigenvalue weighted by atomic mass is 19.4. The van der Waals surface area contributed by atoms with Gasteiger partial charge in [0.25, 0.3) is 5.95 Å². The maximum absolute atomic E-state index is 14.1. The molecule has 0 unspecified atom stereocenters. The summed E-state index contributed by atoms with van der Waals surface area (Å²) in [5.41, 5.74) is -3.61. The van der Waals surface area contributed by atoms with Gasteiger partial charge in [-0.1, -0.05) is 24.4 Å². The third kappa shape index (κ3) is 8.14. The fraction of sp³-hybridized carbons (Fsp3) is 0.552. The Morgan fingerprint density at radius 2 is 1.41 bits per heavy atom. The zero-order chi connectivity index (χ0) is 32.4. The van der Waals surface area contributed by atoms with E-state index in [1.807, 2.05) is 11.8 Å². The Morgan fingerprint density at radius 1 is 0.795 bits per heavy atom. The summed E-state index contributed by atoms with van der Waals surface area (Å²) in [5.74, 6) is 0.164. The molecule has 2 aromatic carbocycles.